The summed E-state index contributed by atoms with van der Waals surface area (Å²) in [5, 5.41) is 2.98. The van der Waals surface area contributed by atoms with Gasteiger partial charge in [0, 0.05) is 6.54 Å². The molecule has 0 aromatic heterocycles. The molecule has 0 fully saturated rings. The number of halogens is 1. The van der Waals surface area contributed by atoms with Crippen molar-refractivity contribution in [3.63, 3.8) is 0 Å². The van der Waals surface area contributed by atoms with Gasteiger partial charge in [0.05, 0.1) is 0 Å². The molecule has 2 nitrogen and oxygen atoms in total. The molecule has 0 saturated carbocycles. The molecule has 18 heavy (non-hydrogen) atoms. The quantitative estimate of drug-likeness (QED) is 0.887. The number of aryl methyl sites for hydroxylation is 1. The summed E-state index contributed by atoms with van der Waals surface area (Å²) in [5.41, 5.74) is 1.88. The molecule has 0 bridgehead atoms. The lowest BCUT2D eigenvalue weighted by atomic mass is 10.2. The highest BCUT2D eigenvalue weighted by molar-refractivity contribution is 5.38. The summed E-state index contributed by atoms with van der Waals surface area (Å²) in [5.74, 6) is 0.591. The number of hydrogen-bond acceptors (Lipinski definition) is 2. The predicted octanol–water partition coefficient (Wildman–Crippen LogP) is 3.65. The molecule has 2 aromatic rings. The number of nitrogens with one attached hydrogen (secondary N) is 1. The van der Waals surface area contributed by atoms with Crippen LogP contribution in [0.15, 0.2) is 42.5 Å². The van der Waals surface area contributed by atoms with Crippen LogP contribution in [-0.4, -0.2) is 7.05 Å². The Hall–Kier alpha value is -1.87. The first-order valence-corrected chi connectivity index (χ1v) is 5.87. The Balaban J connectivity index is 2.22. The number of benzene rings is 2. The highest BCUT2D eigenvalue weighted by atomic mass is 19.1. The molecule has 0 aliphatic heterocycles. The SMILES string of the molecule is CNCc1ccc(Oc2ccccc2C)c(F)c1. The van der Waals surface area contributed by atoms with E-state index in [2.05, 4.69) is 5.32 Å². The molecule has 0 radical (unpaired) electrons. The van der Waals surface area contributed by atoms with Crippen LogP contribution in [0.1, 0.15) is 11.1 Å². The van der Waals surface area contributed by atoms with Crippen LogP contribution in [0.4, 0.5) is 4.39 Å². The number of hydrogen-bond donors (Lipinski definition) is 1. The van der Waals surface area contributed by atoms with Crippen molar-refractivity contribution in [3.8, 4) is 11.5 Å². The second-order valence-electron chi connectivity index (χ2n) is 4.16. The van der Waals surface area contributed by atoms with Crippen molar-refractivity contribution in [2.75, 3.05) is 7.05 Å². The molecule has 0 saturated heterocycles. The summed E-state index contributed by atoms with van der Waals surface area (Å²) in [6.07, 6.45) is 0. The third-order valence-electron chi connectivity index (χ3n) is 2.69. The van der Waals surface area contributed by atoms with E-state index in [4.69, 9.17) is 4.74 Å². The fourth-order valence-electron chi connectivity index (χ4n) is 1.73. The Bertz CT molecular complexity index is 540. The first-order chi connectivity index (χ1) is 8.70. The Morgan fingerprint density at radius 3 is 2.56 bits per heavy atom. The Morgan fingerprint density at radius 1 is 1.11 bits per heavy atom. The zero-order valence-electron chi connectivity index (χ0n) is 10.5. The Morgan fingerprint density at radius 2 is 1.89 bits per heavy atom. The molecule has 1 N–H and O–H groups in total. The summed E-state index contributed by atoms with van der Waals surface area (Å²) >= 11 is 0. The first kappa shape index (κ1) is 12.6. The minimum Gasteiger partial charge on any atom is -0.454 e. The van der Waals surface area contributed by atoms with E-state index >= 15 is 0 Å². The molecule has 0 spiro atoms. The lowest BCUT2D eigenvalue weighted by Crippen LogP contribution is -2.05. The van der Waals surface area contributed by atoms with E-state index in [0.717, 1.165) is 11.1 Å². The first-order valence-electron chi connectivity index (χ1n) is 5.87. The molecular weight excluding hydrogens is 229 g/mol. The molecule has 0 aliphatic rings. The molecule has 2 aromatic carbocycles. The van der Waals surface area contributed by atoms with Crippen LogP contribution >= 0.6 is 0 Å². The zero-order chi connectivity index (χ0) is 13.0. The van der Waals surface area contributed by atoms with E-state index in [1.807, 2.05) is 44.3 Å². The largest absolute Gasteiger partial charge is 0.454 e. The van der Waals surface area contributed by atoms with Gasteiger partial charge in [0.15, 0.2) is 11.6 Å². The van der Waals surface area contributed by atoms with Crippen molar-refractivity contribution in [1.29, 1.82) is 0 Å². The van der Waals surface area contributed by atoms with E-state index in [1.54, 1.807) is 6.07 Å². The average Bonchev–Trinajstić information content (AvgIpc) is 2.35. The van der Waals surface area contributed by atoms with Crippen LogP contribution in [-0.2, 0) is 6.54 Å². The van der Waals surface area contributed by atoms with E-state index in [1.165, 1.54) is 6.07 Å². The van der Waals surface area contributed by atoms with Crippen LogP contribution in [0.5, 0.6) is 11.5 Å². The topological polar surface area (TPSA) is 21.3 Å². The molecular formula is C15H16FNO. The normalized spacial score (nSPS) is 10.4. The van der Waals surface area contributed by atoms with Crippen LogP contribution < -0.4 is 10.1 Å². The van der Waals surface area contributed by atoms with Gasteiger partial charge < -0.3 is 10.1 Å². The van der Waals surface area contributed by atoms with Gasteiger partial charge in [-0.3, -0.25) is 0 Å². The third kappa shape index (κ3) is 2.87. The van der Waals surface area contributed by atoms with Crippen LogP contribution in [0.2, 0.25) is 0 Å². The maximum Gasteiger partial charge on any atom is 0.166 e. The van der Waals surface area contributed by atoms with Gasteiger partial charge in [-0.2, -0.15) is 0 Å². The van der Waals surface area contributed by atoms with Crippen molar-refractivity contribution in [3.05, 3.63) is 59.4 Å². The van der Waals surface area contributed by atoms with Crippen molar-refractivity contribution >= 4 is 0 Å². The molecule has 0 atom stereocenters. The lowest BCUT2D eigenvalue weighted by molar-refractivity contribution is 0.439. The Labute approximate surface area is 106 Å². The fourth-order valence-corrected chi connectivity index (χ4v) is 1.73. The van der Waals surface area contributed by atoms with E-state index < -0.39 is 0 Å². The average molecular weight is 245 g/mol. The second kappa shape index (κ2) is 5.65. The molecule has 2 rings (SSSR count). The van der Waals surface area contributed by atoms with E-state index in [0.29, 0.717) is 12.3 Å². The monoisotopic (exact) mass is 245 g/mol. The van der Waals surface area contributed by atoms with Crippen LogP contribution in [0, 0.1) is 12.7 Å². The molecule has 0 amide bonds. The number of para-hydroxylation sites is 1. The smallest absolute Gasteiger partial charge is 0.166 e. The summed E-state index contributed by atoms with van der Waals surface area (Å²) < 4.78 is 19.4. The summed E-state index contributed by atoms with van der Waals surface area (Å²) in [6, 6.07) is 12.6. The predicted molar refractivity (Wildman–Crippen MR) is 70.4 cm³/mol. The summed E-state index contributed by atoms with van der Waals surface area (Å²) in [7, 11) is 1.83. The van der Waals surface area contributed by atoms with Crippen LogP contribution in [0.25, 0.3) is 0 Å². The highest BCUT2D eigenvalue weighted by Crippen LogP contribution is 2.27. The van der Waals surface area contributed by atoms with Crippen LogP contribution in [0.3, 0.4) is 0 Å². The zero-order valence-corrected chi connectivity index (χ0v) is 10.5. The minimum atomic E-state index is -0.342. The molecule has 0 heterocycles. The lowest BCUT2D eigenvalue weighted by Gasteiger charge is -2.10. The van der Waals surface area contributed by atoms with Gasteiger partial charge in [-0.15, -0.1) is 0 Å². The van der Waals surface area contributed by atoms with Gasteiger partial charge in [-0.25, -0.2) is 4.39 Å². The maximum absolute atomic E-state index is 13.8. The van der Waals surface area contributed by atoms with Crippen molar-refractivity contribution < 1.29 is 9.13 Å². The number of rotatable bonds is 4. The molecule has 3 heteroatoms. The van der Waals surface area contributed by atoms with Gasteiger partial charge >= 0.3 is 0 Å². The maximum atomic E-state index is 13.8. The Kier molecular flexibility index (Phi) is 3.95. The van der Waals surface area contributed by atoms with Crippen molar-refractivity contribution in [2.45, 2.75) is 13.5 Å². The van der Waals surface area contributed by atoms with Gasteiger partial charge in [0.2, 0.25) is 0 Å². The van der Waals surface area contributed by atoms with Gasteiger partial charge in [-0.1, -0.05) is 24.3 Å². The molecule has 94 valence electrons. The third-order valence-corrected chi connectivity index (χ3v) is 2.69. The highest BCUT2D eigenvalue weighted by Gasteiger charge is 2.07. The molecule has 0 aliphatic carbocycles. The van der Waals surface area contributed by atoms with Gasteiger partial charge in [0.25, 0.3) is 0 Å². The summed E-state index contributed by atoms with van der Waals surface area (Å²) in [4.78, 5) is 0. The van der Waals surface area contributed by atoms with E-state index in [-0.39, 0.29) is 11.6 Å². The van der Waals surface area contributed by atoms with Gasteiger partial charge in [-0.05, 0) is 43.3 Å². The van der Waals surface area contributed by atoms with Crippen molar-refractivity contribution in [1.82, 2.24) is 5.32 Å². The second-order valence-corrected chi connectivity index (χ2v) is 4.16. The molecule has 0 unspecified atom stereocenters. The van der Waals surface area contributed by atoms with E-state index in [9.17, 15) is 4.39 Å². The minimum absolute atomic E-state index is 0.254. The number of ether oxygens (including phenoxy) is 1. The van der Waals surface area contributed by atoms with Gasteiger partial charge in [0.1, 0.15) is 5.75 Å². The fraction of sp³-hybridized carbons (Fsp3) is 0.200. The summed E-state index contributed by atoms with van der Waals surface area (Å²) in [6.45, 7) is 2.57. The standard InChI is InChI=1S/C15H16FNO/c1-11-5-3-4-6-14(11)18-15-8-7-12(10-17-2)9-13(15)16/h3-9,17H,10H2,1-2H3. The van der Waals surface area contributed by atoms with Crippen molar-refractivity contribution in [2.24, 2.45) is 0 Å².